The zero-order chi connectivity index (χ0) is 20.8. The van der Waals surface area contributed by atoms with E-state index in [2.05, 4.69) is 32.3 Å². The first-order valence-corrected chi connectivity index (χ1v) is 11.2. The van der Waals surface area contributed by atoms with E-state index in [1.54, 1.807) is 17.5 Å². The average molecular weight is 423 g/mol. The number of carbonyl (C=O) groups excluding carboxylic acids is 1. The molecule has 6 nitrogen and oxygen atoms in total. The number of carbonyl (C=O) groups is 1. The summed E-state index contributed by atoms with van der Waals surface area (Å²) in [7, 11) is 0. The number of anilines is 2. The summed E-state index contributed by atoms with van der Waals surface area (Å²) < 4.78 is 5.28. The van der Waals surface area contributed by atoms with Crippen molar-refractivity contribution in [1.82, 2.24) is 14.9 Å². The molecule has 0 saturated carbocycles. The van der Waals surface area contributed by atoms with Gasteiger partial charge in [-0.15, -0.1) is 0 Å². The molecular formula is C23H26N4O2S. The summed E-state index contributed by atoms with van der Waals surface area (Å²) in [6, 6.07) is 14.1. The monoisotopic (exact) mass is 422 g/mol. The number of piperidine rings is 1. The smallest absolute Gasteiger partial charge is 0.323 e. The minimum absolute atomic E-state index is 0.110. The molecule has 1 saturated heterocycles. The molecule has 1 fully saturated rings. The van der Waals surface area contributed by atoms with Crippen molar-refractivity contribution >= 4 is 28.3 Å². The van der Waals surface area contributed by atoms with Crippen molar-refractivity contribution in [3.05, 3.63) is 60.4 Å². The van der Waals surface area contributed by atoms with Crippen LogP contribution in [0.5, 0.6) is 0 Å². The number of esters is 1. The van der Waals surface area contributed by atoms with Crippen molar-refractivity contribution in [1.29, 1.82) is 0 Å². The van der Waals surface area contributed by atoms with Gasteiger partial charge >= 0.3 is 5.97 Å². The van der Waals surface area contributed by atoms with E-state index in [-0.39, 0.29) is 12.0 Å². The summed E-state index contributed by atoms with van der Waals surface area (Å²) in [6.07, 6.45) is 6.71. The Morgan fingerprint density at radius 3 is 2.93 bits per heavy atom. The lowest BCUT2D eigenvalue weighted by Gasteiger charge is -2.33. The van der Waals surface area contributed by atoms with E-state index >= 15 is 0 Å². The SMILES string of the molecule is CCOC(=O)C1CCCCN1Cc1ccnc(Nc2ncc(-c3ccccc3)s2)c1. The molecular weight excluding hydrogens is 396 g/mol. The quantitative estimate of drug-likeness (QED) is 0.548. The Balaban J connectivity index is 1.44. The summed E-state index contributed by atoms with van der Waals surface area (Å²) in [5.41, 5.74) is 2.27. The molecule has 1 aliphatic heterocycles. The van der Waals surface area contributed by atoms with Crippen LogP contribution in [0.4, 0.5) is 10.9 Å². The highest BCUT2D eigenvalue weighted by Crippen LogP contribution is 2.30. The predicted octanol–water partition coefficient (Wildman–Crippen LogP) is 4.87. The number of ether oxygens (including phenoxy) is 1. The van der Waals surface area contributed by atoms with Gasteiger partial charge in [-0.1, -0.05) is 48.1 Å². The fourth-order valence-electron chi connectivity index (χ4n) is 3.74. The maximum Gasteiger partial charge on any atom is 0.323 e. The maximum atomic E-state index is 12.3. The lowest BCUT2D eigenvalue weighted by atomic mass is 10.0. The molecule has 2 aromatic heterocycles. The molecule has 1 N–H and O–H groups in total. The third-order valence-corrected chi connectivity index (χ3v) is 6.14. The van der Waals surface area contributed by atoms with Gasteiger partial charge in [-0.05, 0) is 49.6 Å². The summed E-state index contributed by atoms with van der Waals surface area (Å²) in [4.78, 5) is 24.6. The Morgan fingerprint density at radius 1 is 1.23 bits per heavy atom. The predicted molar refractivity (Wildman–Crippen MR) is 120 cm³/mol. The van der Waals surface area contributed by atoms with E-state index in [9.17, 15) is 4.79 Å². The Labute approximate surface area is 180 Å². The zero-order valence-corrected chi connectivity index (χ0v) is 17.9. The summed E-state index contributed by atoms with van der Waals surface area (Å²) in [5.74, 6) is 0.645. The second-order valence-corrected chi connectivity index (χ2v) is 8.33. The lowest BCUT2D eigenvalue weighted by Crippen LogP contribution is -2.44. The molecule has 1 unspecified atom stereocenters. The first-order chi connectivity index (χ1) is 14.7. The van der Waals surface area contributed by atoms with Crippen LogP contribution in [-0.4, -0.2) is 40.0 Å². The summed E-state index contributed by atoms with van der Waals surface area (Å²) in [6.45, 7) is 3.88. The number of benzene rings is 1. The van der Waals surface area contributed by atoms with Gasteiger partial charge in [-0.25, -0.2) is 9.97 Å². The number of likely N-dealkylation sites (tertiary alicyclic amines) is 1. The third kappa shape index (κ3) is 5.04. The van der Waals surface area contributed by atoms with E-state index in [0.29, 0.717) is 13.2 Å². The highest BCUT2D eigenvalue weighted by Gasteiger charge is 2.29. The van der Waals surface area contributed by atoms with Crippen LogP contribution in [0, 0.1) is 0 Å². The molecule has 30 heavy (non-hydrogen) atoms. The Kier molecular flexibility index (Phi) is 6.71. The van der Waals surface area contributed by atoms with Gasteiger partial charge in [0.2, 0.25) is 0 Å². The van der Waals surface area contributed by atoms with Gasteiger partial charge < -0.3 is 10.1 Å². The average Bonchev–Trinajstić information content (AvgIpc) is 3.24. The number of pyridine rings is 1. The van der Waals surface area contributed by atoms with E-state index < -0.39 is 0 Å². The van der Waals surface area contributed by atoms with Crippen molar-refractivity contribution in [2.75, 3.05) is 18.5 Å². The van der Waals surface area contributed by atoms with Gasteiger partial charge in [0.15, 0.2) is 5.13 Å². The second-order valence-electron chi connectivity index (χ2n) is 7.30. The number of nitrogens with one attached hydrogen (secondary N) is 1. The highest BCUT2D eigenvalue weighted by molar-refractivity contribution is 7.18. The van der Waals surface area contributed by atoms with Gasteiger partial charge in [0.1, 0.15) is 11.9 Å². The molecule has 0 aliphatic carbocycles. The Hall–Kier alpha value is -2.77. The molecule has 0 radical (unpaired) electrons. The molecule has 0 spiro atoms. The molecule has 0 amide bonds. The standard InChI is InChI=1S/C23H26N4O2S/c1-2-29-22(28)19-10-6-7-13-27(19)16-17-11-12-24-21(14-17)26-23-25-15-20(30-23)18-8-4-3-5-9-18/h3-5,8-9,11-12,14-15,19H,2,6-7,10,13,16H2,1H3,(H,24,25,26). The van der Waals surface area contributed by atoms with Crippen LogP contribution < -0.4 is 5.32 Å². The lowest BCUT2D eigenvalue weighted by molar-refractivity contribution is -0.151. The minimum Gasteiger partial charge on any atom is -0.465 e. The van der Waals surface area contributed by atoms with Crippen molar-refractivity contribution in [3.63, 3.8) is 0 Å². The highest BCUT2D eigenvalue weighted by atomic mass is 32.1. The van der Waals surface area contributed by atoms with Gasteiger partial charge in [0.25, 0.3) is 0 Å². The molecule has 1 atom stereocenters. The first kappa shape index (κ1) is 20.5. The number of thiazole rings is 1. The van der Waals surface area contributed by atoms with Crippen molar-refractivity contribution < 1.29 is 9.53 Å². The summed E-state index contributed by atoms with van der Waals surface area (Å²) in [5, 5.41) is 4.12. The fraction of sp³-hybridized carbons (Fsp3) is 0.348. The molecule has 3 heterocycles. The molecule has 7 heteroatoms. The van der Waals surface area contributed by atoms with Crippen LogP contribution in [0.1, 0.15) is 31.7 Å². The number of rotatable bonds is 7. The number of aromatic nitrogens is 2. The Morgan fingerprint density at radius 2 is 2.10 bits per heavy atom. The van der Waals surface area contributed by atoms with Gasteiger partial charge in [-0.2, -0.15) is 0 Å². The minimum atomic E-state index is -0.157. The maximum absolute atomic E-state index is 12.3. The molecule has 3 aromatic rings. The molecule has 1 aliphatic rings. The second kappa shape index (κ2) is 9.82. The van der Waals surface area contributed by atoms with Crippen molar-refractivity contribution in [3.8, 4) is 10.4 Å². The van der Waals surface area contributed by atoms with Crippen LogP contribution in [0.15, 0.2) is 54.9 Å². The normalized spacial score (nSPS) is 16.9. The van der Waals surface area contributed by atoms with Crippen molar-refractivity contribution in [2.24, 2.45) is 0 Å². The largest absolute Gasteiger partial charge is 0.465 e. The van der Waals surface area contributed by atoms with Crippen LogP contribution in [0.2, 0.25) is 0 Å². The van der Waals surface area contributed by atoms with Gasteiger partial charge in [0, 0.05) is 18.9 Å². The number of nitrogens with zero attached hydrogens (tertiary/aromatic N) is 3. The van der Waals surface area contributed by atoms with Crippen LogP contribution in [0.3, 0.4) is 0 Å². The van der Waals surface area contributed by atoms with Crippen LogP contribution in [0.25, 0.3) is 10.4 Å². The fourth-order valence-corrected chi connectivity index (χ4v) is 4.57. The van der Waals surface area contributed by atoms with E-state index in [1.807, 2.05) is 43.5 Å². The molecule has 1 aromatic carbocycles. The van der Waals surface area contributed by atoms with Gasteiger partial charge in [-0.3, -0.25) is 9.69 Å². The van der Waals surface area contributed by atoms with E-state index in [0.717, 1.165) is 52.8 Å². The number of hydrogen-bond donors (Lipinski definition) is 1. The summed E-state index contributed by atoms with van der Waals surface area (Å²) >= 11 is 1.60. The van der Waals surface area contributed by atoms with Crippen LogP contribution in [-0.2, 0) is 16.1 Å². The number of hydrogen-bond acceptors (Lipinski definition) is 7. The van der Waals surface area contributed by atoms with Crippen molar-refractivity contribution in [2.45, 2.75) is 38.8 Å². The van der Waals surface area contributed by atoms with E-state index in [4.69, 9.17) is 4.74 Å². The van der Waals surface area contributed by atoms with Crippen LogP contribution >= 0.6 is 11.3 Å². The molecule has 0 bridgehead atoms. The first-order valence-electron chi connectivity index (χ1n) is 10.4. The Bertz CT molecular complexity index is 976. The molecule has 156 valence electrons. The van der Waals surface area contributed by atoms with E-state index in [1.165, 1.54) is 0 Å². The molecule has 4 rings (SSSR count). The zero-order valence-electron chi connectivity index (χ0n) is 17.1. The van der Waals surface area contributed by atoms with Gasteiger partial charge in [0.05, 0.1) is 11.5 Å². The topological polar surface area (TPSA) is 67.3 Å². The third-order valence-electron chi connectivity index (χ3n) is 5.18.